The number of rotatable bonds is 6. The molecule has 3 nitrogen and oxygen atoms in total. The quantitative estimate of drug-likeness (QED) is 0.452. The van der Waals surface area contributed by atoms with Crippen molar-refractivity contribution in [3.05, 3.63) is 84.1 Å². The molecule has 2 aromatic carbocycles. The van der Waals surface area contributed by atoms with Crippen molar-refractivity contribution in [2.45, 2.75) is 17.6 Å². The van der Waals surface area contributed by atoms with Gasteiger partial charge in [0.2, 0.25) is 0 Å². The number of hydrogen-bond acceptors (Lipinski definition) is 4. The third-order valence-corrected chi connectivity index (χ3v) is 4.75. The Labute approximate surface area is 152 Å². The molecule has 0 aliphatic rings. The van der Waals surface area contributed by atoms with E-state index in [0.717, 1.165) is 21.9 Å². The van der Waals surface area contributed by atoms with Crippen molar-refractivity contribution < 1.29 is 9.53 Å². The van der Waals surface area contributed by atoms with E-state index in [1.165, 1.54) is 5.56 Å². The normalized spacial score (nSPS) is 10.4. The molecule has 0 amide bonds. The summed E-state index contributed by atoms with van der Waals surface area (Å²) in [7, 11) is 0. The number of aromatic nitrogens is 1. The summed E-state index contributed by atoms with van der Waals surface area (Å²) >= 11 is 1.71. The predicted molar refractivity (Wildman–Crippen MR) is 102 cm³/mol. The highest BCUT2D eigenvalue weighted by atomic mass is 32.2. The lowest BCUT2D eigenvalue weighted by Gasteiger charge is -2.11. The summed E-state index contributed by atoms with van der Waals surface area (Å²) in [6, 6.07) is 23.9. The molecule has 3 rings (SSSR count). The van der Waals surface area contributed by atoms with Gasteiger partial charge in [0, 0.05) is 16.2 Å². The molecule has 0 spiro atoms. The molecule has 0 atom stereocenters. The summed E-state index contributed by atoms with van der Waals surface area (Å²) in [4.78, 5) is 17.7. The van der Waals surface area contributed by atoms with Crippen molar-refractivity contribution >= 4 is 17.7 Å². The Morgan fingerprint density at radius 2 is 1.64 bits per heavy atom. The van der Waals surface area contributed by atoms with Crippen molar-refractivity contribution in [1.82, 2.24) is 4.98 Å². The van der Waals surface area contributed by atoms with Crippen molar-refractivity contribution in [2.24, 2.45) is 0 Å². The first-order valence-electron chi connectivity index (χ1n) is 8.18. The second-order valence-electron chi connectivity index (χ2n) is 5.40. The van der Waals surface area contributed by atoms with Gasteiger partial charge in [0.15, 0.2) is 0 Å². The minimum atomic E-state index is -0.390. The molecule has 1 heterocycles. The van der Waals surface area contributed by atoms with E-state index in [4.69, 9.17) is 4.74 Å². The van der Waals surface area contributed by atoms with Crippen LogP contribution in [0.15, 0.2) is 77.7 Å². The third kappa shape index (κ3) is 4.48. The number of carbonyl (C=O) groups is 1. The summed E-state index contributed by atoms with van der Waals surface area (Å²) in [5.74, 6) is 0.459. The Kier molecular flexibility index (Phi) is 5.86. The number of nitrogens with zero attached hydrogens (tertiary/aromatic N) is 1. The van der Waals surface area contributed by atoms with Crippen LogP contribution in [0.2, 0.25) is 0 Å². The molecule has 126 valence electrons. The van der Waals surface area contributed by atoms with Gasteiger partial charge < -0.3 is 4.74 Å². The van der Waals surface area contributed by atoms with Crippen molar-refractivity contribution in [3.63, 3.8) is 0 Å². The second kappa shape index (κ2) is 8.49. The summed E-state index contributed by atoms with van der Waals surface area (Å²) in [5, 5.41) is 0. The van der Waals surface area contributed by atoms with Crippen LogP contribution in [0.25, 0.3) is 11.3 Å². The Bertz CT molecular complexity index is 835. The number of hydrogen-bond donors (Lipinski definition) is 0. The third-order valence-electron chi connectivity index (χ3n) is 3.63. The van der Waals surface area contributed by atoms with Gasteiger partial charge >= 0.3 is 5.97 Å². The Morgan fingerprint density at radius 3 is 2.32 bits per heavy atom. The van der Waals surface area contributed by atoms with E-state index >= 15 is 0 Å². The van der Waals surface area contributed by atoms with Gasteiger partial charge in [-0.2, -0.15) is 0 Å². The lowest BCUT2D eigenvalue weighted by Crippen LogP contribution is -2.08. The lowest BCUT2D eigenvalue weighted by molar-refractivity contribution is 0.0519. The minimum Gasteiger partial charge on any atom is -0.461 e. The van der Waals surface area contributed by atoms with Crippen molar-refractivity contribution in [3.8, 4) is 11.3 Å². The zero-order valence-corrected chi connectivity index (χ0v) is 14.8. The SMILES string of the molecule is CCOC(=O)c1ccc(SCc2ccccc2)c(-c2ccccc2)n1. The average Bonchev–Trinajstić information content (AvgIpc) is 2.68. The highest BCUT2D eigenvalue weighted by Gasteiger charge is 2.14. The number of benzene rings is 2. The molecule has 0 unspecified atom stereocenters. The van der Waals surface area contributed by atoms with Gasteiger partial charge in [-0.15, -0.1) is 11.8 Å². The van der Waals surface area contributed by atoms with E-state index in [2.05, 4.69) is 17.1 Å². The molecule has 0 saturated carbocycles. The largest absolute Gasteiger partial charge is 0.461 e. The molecular weight excluding hydrogens is 330 g/mol. The van der Waals surface area contributed by atoms with Crippen LogP contribution in [-0.4, -0.2) is 17.6 Å². The van der Waals surface area contributed by atoms with Gasteiger partial charge in [0.05, 0.1) is 12.3 Å². The summed E-state index contributed by atoms with van der Waals surface area (Å²) in [5.41, 5.74) is 3.39. The molecule has 0 fully saturated rings. The molecule has 0 radical (unpaired) electrons. The average molecular weight is 349 g/mol. The smallest absolute Gasteiger partial charge is 0.356 e. The first-order valence-corrected chi connectivity index (χ1v) is 9.17. The molecule has 0 saturated heterocycles. The Balaban J connectivity index is 1.92. The van der Waals surface area contributed by atoms with Crippen LogP contribution in [0.1, 0.15) is 23.0 Å². The van der Waals surface area contributed by atoms with E-state index in [9.17, 15) is 4.79 Å². The zero-order chi connectivity index (χ0) is 17.5. The summed E-state index contributed by atoms with van der Waals surface area (Å²) in [6.45, 7) is 2.13. The van der Waals surface area contributed by atoms with E-state index < -0.39 is 0 Å². The van der Waals surface area contributed by atoms with Crippen LogP contribution in [0.3, 0.4) is 0 Å². The second-order valence-corrected chi connectivity index (χ2v) is 6.42. The first-order chi connectivity index (χ1) is 12.3. The van der Waals surface area contributed by atoms with Crippen LogP contribution in [0.5, 0.6) is 0 Å². The maximum atomic E-state index is 12.0. The molecule has 0 N–H and O–H groups in total. The van der Waals surface area contributed by atoms with Gasteiger partial charge in [0.25, 0.3) is 0 Å². The van der Waals surface area contributed by atoms with Gasteiger partial charge in [0.1, 0.15) is 5.69 Å². The fraction of sp³-hybridized carbons (Fsp3) is 0.143. The van der Waals surface area contributed by atoms with Crippen molar-refractivity contribution in [2.75, 3.05) is 6.61 Å². The molecular formula is C21H19NO2S. The van der Waals surface area contributed by atoms with Crippen LogP contribution in [0, 0.1) is 0 Å². The van der Waals surface area contributed by atoms with Gasteiger partial charge in [-0.05, 0) is 24.6 Å². The Morgan fingerprint density at radius 1 is 0.960 bits per heavy atom. The maximum Gasteiger partial charge on any atom is 0.356 e. The molecule has 0 aliphatic carbocycles. The summed E-state index contributed by atoms with van der Waals surface area (Å²) < 4.78 is 5.08. The molecule has 0 aliphatic heterocycles. The Hall–Kier alpha value is -2.59. The van der Waals surface area contributed by atoms with Gasteiger partial charge in [-0.25, -0.2) is 9.78 Å². The van der Waals surface area contributed by atoms with Crippen LogP contribution in [-0.2, 0) is 10.5 Å². The zero-order valence-electron chi connectivity index (χ0n) is 14.0. The molecule has 3 aromatic rings. The molecule has 0 bridgehead atoms. The number of thioether (sulfide) groups is 1. The predicted octanol–water partition coefficient (Wildman–Crippen LogP) is 5.22. The highest BCUT2D eigenvalue weighted by molar-refractivity contribution is 7.98. The monoisotopic (exact) mass is 349 g/mol. The summed E-state index contributed by atoms with van der Waals surface area (Å²) in [6.07, 6.45) is 0. The fourth-order valence-electron chi connectivity index (χ4n) is 2.42. The van der Waals surface area contributed by atoms with E-state index in [1.54, 1.807) is 24.8 Å². The standard InChI is InChI=1S/C21H19NO2S/c1-2-24-21(23)18-13-14-19(25-15-16-9-5-3-6-10-16)20(22-18)17-11-7-4-8-12-17/h3-14H,2,15H2,1H3. The van der Waals surface area contributed by atoms with Crippen molar-refractivity contribution in [1.29, 1.82) is 0 Å². The lowest BCUT2D eigenvalue weighted by atomic mass is 10.1. The number of carbonyl (C=O) groups excluding carboxylic acids is 1. The first kappa shape index (κ1) is 17.2. The van der Waals surface area contributed by atoms with Gasteiger partial charge in [-0.3, -0.25) is 0 Å². The maximum absolute atomic E-state index is 12.0. The number of pyridine rings is 1. The van der Waals surface area contributed by atoms with E-state index in [-0.39, 0.29) is 5.97 Å². The topological polar surface area (TPSA) is 39.2 Å². The van der Waals surface area contributed by atoms with Crippen LogP contribution < -0.4 is 0 Å². The van der Waals surface area contributed by atoms with E-state index in [1.807, 2.05) is 54.6 Å². The van der Waals surface area contributed by atoms with Crippen LogP contribution >= 0.6 is 11.8 Å². The minimum absolute atomic E-state index is 0.338. The molecule has 1 aromatic heterocycles. The molecule has 25 heavy (non-hydrogen) atoms. The number of esters is 1. The highest BCUT2D eigenvalue weighted by Crippen LogP contribution is 2.32. The van der Waals surface area contributed by atoms with Gasteiger partial charge in [-0.1, -0.05) is 60.7 Å². The molecule has 4 heteroatoms. The van der Waals surface area contributed by atoms with E-state index in [0.29, 0.717) is 12.3 Å². The number of ether oxygens (including phenoxy) is 1. The van der Waals surface area contributed by atoms with Crippen LogP contribution in [0.4, 0.5) is 0 Å². The fourth-order valence-corrected chi connectivity index (χ4v) is 3.40.